The van der Waals surface area contributed by atoms with Gasteiger partial charge in [-0.2, -0.15) is 0 Å². The first-order valence-electron chi connectivity index (χ1n) is 9.61. The largest absolute Gasteiger partial charge is 0.495 e. The van der Waals surface area contributed by atoms with E-state index in [0.717, 1.165) is 16.7 Å². The Bertz CT molecular complexity index is 1100. The molecule has 0 aliphatic rings. The molecule has 0 bridgehead atoms. The lowest BCUT2D eigenvalue weighted by atomic mass is 10.1. The summed E-state index contributed by atoms with van der Waals surface area (Å²) in [6, 6.07) is 10.9. The van der Waals surface area contributed by atoms with Gasteiger partial charge in [0.1, 0.15) is 10.6 Å². The maximum absolute atomic E-state index is 12.6. The number of nitrogens with one attached hydrogen (secondary N) is 3. The average molecular weight is 462 g/mol. The van der Waals surface area contributed by atoms with E-state index in [9.17, 15) is 13.2 Å². The highest BCUT2D eigenvalue weighted by atomic mass is 32.2. The van der Waals surface area contributed by atoms with Crippen LogP contribution in [0.2, 0.25) is 0 Å². The molecule has 0 saturated heterocycles. The molecule has 3 N–H and O–H groups in total. The number of aryl methyl sites for hydroxylation is 2. The van der Waals surface area contributed by atoms with Gasteiger partial charge in [0.25, 0.3) is 10.0 Å². The zero-order chi connectivity index (χ0) is 23.0. The van der Waals surface area contributed by atoms with Gasteiger partial charge in [-0.05, 0) is 67.4 Å². The zero-order valence-corrected chi connectivity index (χ0v) is 19.6. The molecule has 0 radical (unpaired) electrons. The third kappa shape index (κ3) is 7.08. The first kappa shape index (κ1) is 24.4. The van der Waals surface area contributed by atoms with Crippen LogP contribution in [-0.2, 0) is 21.2 Å². The van der Waals surface area contributed by atoms with E-state index in [1.807, 2.05) is 26.0 Å². The van der Waals surface area contributed by atoms with E-state index in [4.69, 9.17) is 17.0 Å². The summed E-state index contributed by atoms with van der Waals surface area (Å²) in [5, 5.41) is 5.36. The van der Waals surface area contributed by atoms with Crippen LogP contribution in [0, 0.1) is 13.8 Å². The van der Waals surface area contributed by atoms with Crippen LogP contribution in [0.5, 0.6) is 5.75 Å². The van der Waals surface area contributed by atoms with Crippen molar-refractivity contribution < 1.29 is 17.9 Å². The van der Waals surface area contributed by atoms with Crippen LogP contribution in [0.4, 0.5) is 0 Å². The van der Waals surface area contributed by atoms with Crippen LogP contribution < -0.4 is 20.1 Å². The molecule has 2 rings (SSSR count). The molecule has 0 aromatic heterocycles. The van der Waals surface area contributed by atoms with E-state index in [1.54, 1.807) is 18.2 Å². The highest BCUT2D eigenvalue weighted by Crippen LogP contribution is 2.25. The number of carbonyl (C=O) groups is 1. The maximum Gasteiger partial charge on any atom is 0.267 e. The molecule has 166 valence electrons. The standard InChI is InChI=1S/C22H27N3O4S2/c1-15-5-7-18(16(2)13-15)8-10-21(26)24-12-11-17-6-9-19(29-4)20(14-17)31(27,28)25-22(30)23-3/h5-10,13-14H,11-12H2,1-4H3,(H,24,26)(H2,23,25,30)/b10-8+. The van der Waals surface area contributed by atoms with E-state index < -0.39 is 10.0 Å². The van der Waals surface area contributed by atoms with Gasteiger partial charge in [0.2, 0.25) is 5.91 Å². The Morgan fingerprint density at radius 2 is 1.90 bits per heavy atom. The van der Waals surface area contributed by atoms with Crippen molar-refractivity contribution in [2.24, 2.45) is 0 Å². The Hall–Kier alpha value is -2.91. The van der Waals surface area contributed by atoms with Gasteiger partial charge in [0.05, 0.1) is 7.11 Å². The van der Waals surface area contributed by atoms with Crippen molar-refractivity contribution >= 4 is 39.3 Å². The van der Waals surface area contributed by atoms with Crippen LogP contribution in [0.15, 0.2) is 47.4 Å². The molecule has 31 heavy (non-hydrogen) atoms. The fourth-order valence-electron chi connectivity index (χ4n) is 2.88. The number of methoxy groups -OCH3 is 1. The average Bonchev–Trinajstić information content (AvgIpc) is 2.72. The van der Waals surface area contributed by atoms with Gasteiger partial charge in [0.15, 0.2) is 5.11 Å². The fraction of sp³-hybridized carbons (Fsp3) is 0.273. The number of ether oxygens (including phenoxy) is 1. The normalized spacial score (nSPS) is 11.2. The fourth-order valence-corrected chi connectivity index (χ4v) is 4.39. The summed E-state index contributed by atoms with van der Waals surface area (Å²) in [5.41, 5.74) is 3.98. The highest BCUT2D eigenvalue weighted by molar-refractivity contribution is 7.92. The van der Waals surface area contributed by atoms with Gasteiger partial charge >= 0.3 is 0 Å². The van der Waals surface area contributed by atoms with E-state index in [2.05, 4.69) is 21.4 Å². The number of sulfonamides is 1. The monoisotopic (exact) mass is 461 g/mol. The van der Waals surface area contributed by atoms with Crippen LogP contribution in [0.25, 0.3) is 6.08 Å². The molecule has 0 unspecified atom stereocenters. The summed E-state index contributed by atoms with van der Waals surface area (Å²) in [7, 11) is -0.983. The number of hydrogen-bond acceptors (Lipinski definition) is 5. The van der Waals surface area contributed by atoms with Crippen molar-refractivity contribution in [1.29, 1.82) is 0 Å². The maximum atomic E-state index is 12.6. The number of carbonyl (C=O) groups excluding carboxylic acids is 1. The third-order valence-electron chi connectivity index (χ3n) is 4.52. The van der Waals surface area contributed by atoms with E-state index in [-0.39, 0.29) is 21.7 Å². The van der Waals surface area contributed by atoms with Crippen molar-refractivity contribution in [1.82, 2.24) is 15.4 Å². The minimum absolute atomic E-state index is 0.0182. The Morgan fingerprint density at radius 3 is 2.55 bits per heavy atom. The molecular formula is C22H27N3O4S2. The summed E-state index contributed by atoms with van der Waals surface area (Å²) in [4.78, 5) is 12.1. The summed E-state index contributed by atoms with van der Waals surface area (Å²) in [5.74, 6) is -0.0158. The van der Waals surface area contributed by atoms with Crippen LogP contribution >= 0.6 is 12.2 Å². The van der Waals surface area contributed by atoms with Crippen molar-refractivity contribution in [2.75, 3.05) is 20.7 Å². The minimum Gasteiger partial charge on any atom is -0.495 e. The first-order chi connectivity index (χ1) is 14.7. The smallest absolute Gasteiger partial charge is 0.267 e. The SMILES string of the molecule is CNC(=S)NS(=O)(=O)c1cc(CCNC(=O)/C=C/c2ccc(C)cc2C)ccc1OC. The second kappa shape index (κ2) is 10.9. The minimum atomic E-state index is -3.90. The Balaban J connectivity index is 2.02. The number of benzene rings is 2. The lowest BCUT2D eigenvalue weighted by Gasteiger charge is -2.13. The van der Waals surface area contributed by atoms with Crippen molar-refractivity contribution in [2.45, 2.75) is 25.2 Å². The Labute approximate surface area is 188 Å². The van der Waals surface area contributed by atoms with Crippen molar-refractivity contribution in [3.05, 3.63) is 64.7 Å². The third-order valence-corrected chi connectivity index (χ3v) is 6.33. The predicted octanol–water partition coefficient (Wildman–Crippen LogP) is 2.47. The van der Waals surface area contributed by atoms with Gasteiger partial charge in [-0.15, -0.1) is 0 Å². The number of amides is 1. The summed E-state index contributed by atoms with van der Waals surface area (Å²) in [6.45, 7) is 4.37. The lowest BCUT2D eigenvalue weighted by Crippen LogP contribution is -2.37. The molecule has 0 heterocycles. The van der Waals surface area contributed by atoms with Crippen LogP contribution in [-0.4, -0.2) is 40.1 Å². The second-order valence-electron chi connectivity index (χ2n) is 6.90. The molecule has 0 spiro atoms. The molecule has 2 aromatic rings. The molecule has 9 heteroatoms. The molecular weight excluding hydrogens is 434 g/mol. The summed E-state index contributed by atoms with van der Waals surface area (Å²) >= 11 is 4.89. The van der Waals surface area contributed by atoms with Gasteiger partial charge in [-0.1, -0.05) is 29.8 Å². The van der Waals surface area contributed by atoms with Gasteiger partial charge in [-0.3, -0.25) is 9.52 Å². The topological polar surface area (TPSA) is 96.5 Å². The number of rotatable bonds is 8. The first-order valence-corrected chi connectivity index (χ1v) is 11.5. The Kier molecular flexibility index (Phi) is 8.58. The van der Waals surface area contributed by atoms with E-state index in [1.165, 1.54) is 31.9 Å². The van der Waals surface area contributed by atoms with Crippen LogP contribution in [0.1, 0.15) is 22.3 Å². The van der Waals surface area contributed by atoms with Crippen LogP contribution in [0.3, 0.4) is 0 Å². The van der Waals surface area contributed by atoms with Crippen molar-refractivity contribution in [3.63, 3.8) is 0 Å². The van der Waals surface area contributed by atoms with Crippen molar-refractivity contribution in [3.8, 4) is 5.75 Å². The molecule has 0 aliphatic carbocycles. The van der Waals surface area contributed by atoms with E-state index in [0.29, 0.717) is 13.0 Å². The lowest BCUT2D eigenvalue weighted by molar-refractivity contribution is -0.116. The highest BCUT2D eigenvalue weighted by Gasteiger charge is 2.21. The molecule has 0 aliphatic heterocycles. The van der Waals surface area contributed by atoms with Gasteiger partial charge < -0.3 is 15.4 Å². The molecule has 0 fully saturated rings. The molecule has 1 amide bonds. The summed E-state index contributed by atoms with van der Waals surface area (Å²) in [6.07, 6.45) is 3.72. The molecule has 7 nitrogen and oxygen atoms in total. The number of thiocarbonyl (C=S) groups is 1. The van der Waals surface area contributed by atoms with Gasteiger partial charge in [0, 0.05) is 19.7 Å². The number of hydrogen-bond donors (Lipinski definition) is 3. The Morgan fingerprint density at radius 1 is 1.16 bits per heavy atom. The molecule has 2 aromatic carbocycles. The molecule has 0 saturated carbocycles. The quantitative estimate of drug-likeness (QED) is 0.413. The second-order valence-corrected chi connectivity index (χ2v) is 8.96. The molecule has 0 atom stereocenters. The summed E-state index contributed by atoms with van der Waals surface area (Å²) < 4.78 is 32.6. The van der Waals surface area contributed by atoms with E-state index >= 15 is 0 Å². The predicted molar refractivity (Wildman–Crippen MR) is 127 cm³/mol. The van der Waals surface area contributed by atoms with Gasteiger partial charge in [-0.25, -0.2) is 8.42 Å². The zero-order valence-electron chi connectivity index (χ0n) is 18.0.